The molecule has 0 aromatic rings. The van der Waals surface area contributed by atoms with E-state index in [1.165, 1.54) is 70.9 Å². The highest BCUT2D eigenvalue weighted by atomic mass is 15.1. The Morgan fingerprint density at radius 1 is 0.875 bits per heavy atom. The normalized spacial score (nSPS) is 29.6. The highest BCUT2D eigenvalue weighted by Gasteiger charge is 2.35. The van der Waals surface area contributed by atoms with Gasteiger partial charge in [-0.2, -0.15) is 0 Å². The quantitative estimate of drug-likeness (QED) is 0.647. The van der Waals surface area contributed by atoms with Gasteiger partial charge < -0.3 is 4.90 Å². The second-order valence-corrected chi connectivity index (χ2v) is 6.50. The summed E-state index contributed by atoms with van der Waals surface area (Å²) >= 11 is 0. The summed E-state index contributed by atoms with van der Waals surface area (Å²) in [4.78, 5) is 2.50. The van der Waals surface area contributed by atoms with Gasteiger partial charge in [0, 0.05) is 0 Å². The first kappa shape index (κ1) is 12.4. The number of likely N-dealkylation sites (tertiary alicyclic amines) is 1. The fraction of sp³-hybridized carbons (Fsp3) is 1.00. The molecule has 0 N–H and O–H groups in total. The van der Waals surface area contributed by atoms with Crippen LogP contribution in [0.3, 0.4) is 0 Å². The average molecular weight is 223 g/mol. The van der Waals surface area contributed by atoms with E-state index < -0.39 is 0 Å². The number of hydrogen-bond acceptors (Lipinski definition) is 1. The first-order chi connectivity index (χ1) is 7.71. The van der Waals surface area contributed by atoms with Gasteiger partial charge in [-0.1, -0.05) is 39.0 Å². The molecule has 0 bridgehead atoms. The summed E-state index contributed by atoms with van der Waals surface area (Å²) < 4.78 is 0. The van der Waals surface area contributed by atoms with E-state index in [-0.39, 0.29) is 0 Å². The molecule has 94 valence electrons. The van der Waals surface area contributed by atoms with Gasteiger partial charge in [-0.05, 0) is 57.2 Å². The number of piperidine rings is 1. The van der Waals surface area contributed by atoms with Crippen molar-refractivity contribution in [2.24, 2.45) is 11.3 Å². The third kappa shape index (κ3) is 3.00. The maximum Gasteiger partial charge on any atom is -0.00189 e. The van der Waals surface area contributed by atoms with Crippen molar-refractivity contribution in [2.75, 3.05) is 20.1 Å². The predicted octanol–water partition coefficient (Wildman–Crippen LogP) is 4.08. The molecule has 1 saturated heterocycles. The van der Waals surface area contributed by atoms with Gasteiger partial charge in [0.1, 0.15) is 0 Å². The van der Waals surface area contributed by atoms with Gasteiger partial charge in [-0.3, -0.25) is 0 Å². The van der Waals surface area contributed by atoms with Gasteiger partial charge >= 0.3 is 0 Å². The van der Waals surface area contributed by atoms with Crippen molar-refractivity contribution in [1.82, 2.24) is 4.90 Å². The van der Waals surface area contributed by atoms with Gasteiger partial charge in [-0.25, -0.2) is 0 Å². The van der Waals surface area contributed by atoms with Gasteiger partial charge in [-0.15, -0.1) is 0 Å². The molecule has 1 aliphatic carbocycles. The Bertz CT molecular complexity index is 195. The van der Waals surface area contributed by atoms with Crippen molar-refractivity contribution < 1.29 is 0 Å². The average Bonchev–Trinajstić information content (AvgIpc) is 2.25. The van der Waals surface area contributed by atoms with Crippen LogP contribution in [0.1, 0.15) is 64.7 Å². The Kier molecular flexibility index (Phi) is 4.29. The van der Waals surface area contributed by atoms with Crippen LogP contribution in [0.5, 0.6) is 0 Å². The van der Waals surface area contributed by atoms with Gasteiger partial charge in [0.2, 0.25) is 0 Å². The molecule has 1 aliphatic heterocycles. The lowest BCUT2D eigenvalue weighted by molar-refractivity contribution is 0.0739. The fourth-order valence-electron chi connectivity index (χ4n) is 3.83. The Labute approximate surface area is 102 Å². The molecule has 1 saturated carbocycles. The van der Waals surface area contributed by atoms with Gasteiger partial charge in [0.15, 0.2) is 0 Å². The predicted molar refractivity (Wildman–Crippen MR) is 70.6 cm³/mol. The molecular weight excluding hydrogens is 194 g/mol. The third-order valence-corrected chi connectivity index (χ3v) is 5.20. The van der Waals surface area contributed by atoms with Crippen LogP contribution in [-0.4, -0.2) is 25.0 Å². The monoisotopic (exact) mass is 223 g/mol. The van der Waals surface area contributed by atoms with E-state index in [0.29, 0.717) is 5.41 Å². The van der Waals surface area contributed by atoms with Crippen molar-refractivity contribution in [3.8, 4) is 0 Å². The van der Waals surface area contributed by atoms with E-state index in [1.807, 2.05) is 0 Å². The van der Waals surface area contributed by atoms with Crippen LogP contribution in [0.4, 0.5) is 0 Å². The standard InChI is InChI=1S/C15H29N/c1-15(10-6-4-3-5-7-11-15)14-8-12-16(2)13-9-14/h14H,3-13H2,1-2H3. The first-order valence-corrected chi connectivity index (χ1v) is 7.39. The topological polar surface area (TPSA) is 3.24 Å². The molecule has 0 radical (unpaired) electrons. The number of rotatable bonds is 1. The van der Waals surface area contributed by atoms with Crippen LogP contribution in [0, 0.1) is 11.3 Å². The summed E-state index contributed by atoms with van der Waals surface area (Å²) in [5.74, 6) is 1.02. The Morgan fingerprint density at radius 3 is 1.94 bits per heavy atom. The smallest absolute Gasteiger partial charge is 0.00189 e. The summed E-state index contributed by atoms with van der Waals surface area (Å²) in [5.41, 5.74) is 0.682. The second kappa shape index (κ2) is 5.53. The highest BCUT2D eigenvalue weighted by molar-refractivity contribution is 4.86. The summed E-state index contributed by atoms with van der Waals surface area (Å²) in [6, 6.07) is 0. The maximum atomic E-state index is 2.59. The summed E-state index contributed by atoms with van der Waals surface area (Å²) in [6.07, 6.45) is 13.3. The van der Waals surface area contributed by atoms with Gasteiger partial charge in [0.25, 0.3) is 0 Å². The van der Waals surface area contributed by atoms with Crippen LogP contribution in [0.15, 0.2) is 0 Å². The lowest BCUT2D eigenvalue weighted by Gasteiger charge is -2.43. The molecule has 0 spiro atoms. The van der Waals surface area contributed by atoms with Crippen molar-refractivity contribution in [3.63, 3.8) is 0 Å². The van der Waals surface area contributed by atoms with Crippen molar-refractivity contribution in [3.05, 3.63) is 0 Å². The molecule has 2 aliphatic rings. The highest BCUT2D eigenvalue weighted by Crippen LogP contribution is 2.44. The molecule has 2 fully saturated rings. The van der Waals surface area contributed by atoms with E-state index >= 15 is 0 Å². The zero-order valence-electron chi connectivity index (χ0n) is 11.3. The zero-order chi connectivity index (χ0) is 11.4. The maximum absolute atomic E-state index is 2.59. The zero-order valence-corrected chi connectivity index (χ0v) is 11.3. The Balaban J connectivity index is 1.92. The lowest BCUT2D eigenvalue weighted by Crippen LogP contribution is -2.38. The molecule has 1 heterocycles. The lowest BCUT2D eigenvalue weighted by atomic mass is 9.66. The molecular formula is C15H29N. The van der Waals surface area contributed by atoms with Crippen LogP contribution in [0.2, 0.25) is 0 Å². The van der Waals surface area contributed by atoms with Crippen molar-refractivity contribution >= 4 is 0 Å². The minimum Gasteiger partial charge on any atom is -0.306 e. The molecule has 0 unspecified atom stereocenters. The summed E-state index contributed by atoms with van der Waals surface area (Å²) in [6.45, 7) is 5.26. The largest absolute Gasteiger partial charge is 0.306 e. The minimum atomic E-state index is 0.682. The number of nitrogens with zero attached hydrogens (tertiary/aromatic N) is 1. The SMILES string of the molecule is CN1CCC(C2(C)CCCCCCC2)CC1. The summed E-state index contributed by atoms with van der Waals surface area (Å²) in [5, 5.41) is 0. The molecule has 2 rings (SSSR count). The molecule has 1 nitrogen and oxygen atoms in total. The molecule has 0 aromatic carbocycles. The third-order valence-electron chi connectivity index (χ3n) is 5.20. The van der Waals surface area contributed by atoms with Crippen molar-refractivity contribution in [1.29, 1.82) is 0 Å². The Morgan fingerprint density at radius 2 is 1.38 bits per heavy atom. The molecule has 0 aromatic heterocycles. The van der Waals surface area contributed by atoms with E-state index in [2.05, 4.69) is 18.9 Å². The molecule has 0 atom stereocenters. The Hall–Kier alpha value is -0.0400. The van der Waals surface area contributed by atoms with Gasteiger partial charge in [0.05, 0.1) is 0 Å². The van der Waals surface area contributed by atoms with E-state index in [1.54, 1.807) is 0 Å². The molecule has 0 amide bonds. The van der Waals surface area contributed by atoms with E-state index in [4.69, 9.17) is 0 Å². The van der Waals surface area contributed by atoms with Crippen LogP contribution in [-0.2, 0) is 0 Å². The summed E-state index contributed by atoms with van der Waals surface area (Å²) in [7, 11) is 2.27. The van der Waals surface area contributed by atoms with Crippen LogP contribution in [0.25, 0.3) is 0 Å². The minimum absolute atomic E-state index is 0.682. The van der Waals surface area contributed by atoms with E-state index in [0.717, 1.165) is 5.92 Å². The number of hydrogen-bond donors (Lipinski definition) is 0. The van der Waals surface area contributed by atoms with E-state index in [9.17, 15) is 0 Å². The fourth-order valence-corrected chi connectivity index (χ4v) is 3.83. The van der Waals surface area contributed by atoms with Crippen LogP contribution >= 0.6 is 0 Å². The van der Waals surface area contributed by atoms with Crippen LogP contribution < -0.4 is 0 Å². The molecule has 16 heavy (non-hydrogen) atoms. The first-order valence-electron chi connectivity index (χ1n) is 7.39. The second-order valence-electron chi connectivity index (χ2n) is 6.50. The van der Waals surface area contributed by atoms with Crippen molar-refractivity contribution in [2.45, 2.75) is 64.7 Å². The molecule has 1 heteroatoms.